The molecule has 0 aliphatic carbocycles. The summed E-state index contributed by atoms with van der Waals surface area (Å²) in [6.07, 6.45) is -1.49. The SMILES string of the molecule is CC(C)(C)OC(=O)N1CC(F)CC1C(N)=S. The van der Waals surface area contributed by atoms with E-state index in [1.54, 1.807) is 20.8 Å². The smallest absolute Gasteiger partial charge is 0.410 e. The molecule has 6 heteroatoms. The molecule has 1 aliphatic rings. The standard InChI is InChI=1S/C10H17FN2O2S/c1-10(2,3)15-9(14)13-5-6(11)4-7(13)8(12)16/h6-7H,4-5H2,1-3H3,(H2,12,16). The van der Waals surface area contributed by atoms with E-state index < -0.39 is 23.9 Å². The maximum Gasteiger partial charge on any atom is 0.410 e. The quantitative estimate of drug-likeness (QED) is 0.716. The Morgan fingerprint density at radius 3 is 2.56 bits per heavy atom. The number of nitrogens with two attached hydrogens (primary N) is 1. The van der Waals surface area contributed by atoms with Crippen molar-refractivity contribution in [3.05, 3.63) is 0 Å². The monoisotopic (exact) mass is 248 g/mol. The van der Waals surface area contributed by atoms with Crippen molar-refractivity contribution in [2.24, 2.45) is 5.73 Å². The molecule has 0 aromatic rings. The summed E-state index contributed by atoms with van der Waals surface area (Å²) in [6, 6.07) is -0.528. The third-order valence-corrected chi connectivity index (χ3v) is 2.48. The molecule has 0 saturated carbocycles. The molecule has 4 nitrogen and oxygen atoms in total. The largest absolute Gasteiger partial charge is 0.444 e. The van der Waals surface area contributed by atoms with Gasteiger partial charge >= 0.3 is 6.09 Å². The second-order valence-electron chi connectivity index (χ2n) is 4.88. The summed E-state index contributed by atoms with van der Waals surface area (Å²) >= 11 is 4.81. The molecule has 1 saturated heterocycles. The number of carbonyl (C=O) groups is 1. The van der Waals surface area contributed by atoms with E-state index in [2.05, 4.69) is 0 Å². The fraction of sp³-hybridized carbons (Fsp3) is 0.800. The van der Waals surface area contributed by atoms with Crippen LogP contribution in [0.3, 0.4) is 0 Å². The molecule has 1 aliphatic heterocycles. The zero-order valence-corrected chi connectivity index (χ0v) is 10.5. The van der Waals surface area contributed by atoms with Crippen molar-refractivity contribution < 1.29 is 13.9 Å². The van der Waals surface area contributed by atoms with E-state index in [4.69, 9.17) is 22.7 Å². The Hall–Kier alpha value is -0.910. The molecule has 1 heterocycles. The molecule has 2 unspecified atom stereocenters. The van der Waals surface area contributed by atoms with Gasteiger partial charge in [0.15, 0.2) is 0 Å². The minimum atomic E-state index is -1.08. The van der Waals surface area contributed by atoms with E-state index in [9.17, 15) is 9.18 Å². The zero-order valence-electron chi connectivity index (χ0n) is 9.70. The first-order chi connectivity index (χ1) is 7.20. The van der Waals surface area contributed by atoms with Crippen LogP contribution in [-0.4, -0.2) is 40.3 Å². The summed E-state index contributed by atoms with van der Waals surface area (Å²) in [5.41, 5.74) is 4.86. The van der Waals surface area contributed by atoms with E-state index in [0.29, 0.717) is 0 Å². The van der Waals surface area contributed by atoms with Crippen LogP contribution in [0.2, 0.25) is 0 Å². The summed E-state index contributed by atoms with van der Waals surface area (Å²) < 4.78 is 18.4. The van der Waals surface area contributed by atoms with Gasteiger partial charge in [-0.3, -0.25) is 4.90 Å². The average molecular weight is 248 g/mol. The Bertz CT molecular complexity index is 304. The van der Waals surface area contributed by atoms with Crippen molar-refractivity contribution in [1.29, 1.82) is 0 Å². The number of hydrogen-bond acceptors (Lipinski definition) is 3. The Labute approximate surface area is 99.9 Å². The highest BCUT2D eigenvalue weighted by molar-refractivity contribution is 7.80. The topological polar surface area (TPSA) is 55.6 Å². The molecule has 2 N–H and O–H groups in total. The van der Waals surface area contributed by atoms with Gasteiger partial charge < -0.3 is 10.5 Å². The Morgan fingerprint density at radius 1 is 1.56 bits per heavy atom. The molecule has 2 atom stereocenters. The van der Waals surface area contributed by atoms with Gasteiger partial charge in [0.25, 0.3) is 0 Å². The number of carbonyl (C=O) groups excluding carboxylic acids is 1. The lowest BCUT2D eigenvalue weighted by atomic mass is 10.2. The van der Waals surface area contributed by atoms with Crippen molar-refractivity contribution in [2.75, 3.05) is 6.54 Å². The van der Waals surface area contributed by atoms with Crippen molar-refractivity contribution in [3.8, 4) is 0 Å². The molecule has 0 aromatic carbocycles. The van der Waals surface area contributed by atoms with Crippen molar-refractivity contribution in [1.82, 2.24) is 4.90 Å². The molecule has 16 heavy (non-hydrogen) atoms. The average Bonchev–Trinajstić information content (AvgIpc) is 2.44. The summed E-state index contributed by atoms with van der Waals surface area (Å²) in [5, 5.41) is 0. The van der Waals surface area contributed by atoms with Crippen molar-refractivity contribution in [2.45, 2.75) is 45.0 Å². The van der Waals surface area contributed by atoms with Gasteiger partial charge in [-0.25, -0.2) is 9.18 Å². The number of ether oxygens (including phenoxy) is 1. The lowest BCUT2D eigenvalue weighted by molar-refractivity contribution is 0.0257. The van der Waals surface area contributed by atoms with Crippen molar-refractivity contribution in [3.63, 3.8) is 0 Å². The fourth-order valence-electron chi connectivity index (χ4n) is 1.58. The maximum absolute atomic E-state index is 13.2. The van der Waals surface area contributed by atoms with E-state index in [0.717, 1.165) is 0 Å². The van der Waals surface area contributed by atoms with Gasteiger partial charge in [-0.1, -0.05) is 12.2 Å². The van der Waals surface area contributed by atoms with Crippen LogP contribution < -0.4 is 5.73 Å². The highest BCUT2D eigenvalue weighted by Gasteiger charge is 2.39. The number of alkyl halides is 1. The van der Waals surface area contributed by atoms with Crippen LogP contribution in [0.5, 0.6) is 0 Å². The highest BCUT2D eigenvalue weighted by Crippen LogP contribution is 2.23. The van der Waals surface area contributed by atoms with E-state index >= 15 is 0 Å². The van der Waals surface area contributed by atoms with Gasteiger partial charge in [0.05, 0.1) is 17.6 Å². The van der Waals surface area contributed by atoms with Crippen LogP contribution in [0, 0.1) is 0 Å². The highest BCUT2D eigenvalue weighted by atomic mass is 32.1. The first-order valence-electron chi connectivity index (χ1n) is 5.13. The van der Waals surface area contributed by atoms with Crippen LogP contribution in [0.4, 0.5) is 9.18 Å². The first-order valence-corrected chi connectivity index (χ1v) is 5.54. The predicted octanol–water partition coefficient (Wildman–Crippen LogP) is 1.62. The Morgan fingerprint density at radius 2 is 2.12 bits per heavy atom. The number of halogens is 1. The number of amides is 1. The number of thiocarbonyl (C=S) groups is 1. The Balaban J connectivity index is 2.71. The molecule has 92 valence electrons. The molecule has 1 fully saturated rings. The Kier molecular flexibility index (Phi) is 3.72. The third-order valence-electron chi connectivity index (χ3n) is 2.21. The number of nitrogens with zero attached hydrogens (tertiary/aromatic N) is 1. The van der Waals surface area contributed by atoms with Crippen LogP contribution >= 0.6 is 12.2 Å². The van der Waals surface area contributed by atoms with Crippen LogP contribution in [0.25, 0.3) is 0 Å². The lowest BCUT2D eigenvalue weighted by Crippen LogP contribution is -2.45. The number of hydrogen-bond donors (Lipinski definition) is 1. The van der Waals surface area contributed by atoms with Gasteiger partial charge in [0.1, 0.15) is 11.8 Å². The summed E-state index contributed by atoms with van der Waals surface area (Å²) in [5.74, 6) is 0. The molecule has 0 aromatic heterocycles. The van der Waals surface area contributed by atoms with Gasteiger partial charge in [-0.2, -0.15) is 0 Å². The first kappa shape index (κ1) is 13.2. The van der Waals surface area contributed by atoms with E-state index in [1.807, 2.05) is 0 Å². The molecule has 0 spiro atoms. The molecular formula is C10H17FN2O2S. The molecule has 0 radical (unpaired) electrons. The lowest BCUT2D eigenvalue weighted by Gasteiger charge is -2.27. The second kappa shape index (κ2) is 4.53. The molecular weight excluding hydrogens is 231 g/mol. The van der Waals surface area contributed by atoms with Crippen LogP contribution in [0.15, 0.2) is 0 Å². The molecule has 1 amide bonds. The van der Waals surface area contributed by atoms with Gasteiger partial charge in [0.2, 0.25) is 0 Å². The normalized spacial score (nSPS) is 25.6. The third kappa shape index (κ3) is 3.30. The van der Waals surface area contributed by atoms with Gasteiger partial charge in [0, 0.05) is 6.42 Å². The second-order valence-corrected chi connectivity index (χ2v) is 5.36. The zero-order chi connectivity index (χ0) is 12.5. The van der Waals surface area contributed by atoms with E-state index in [-0.39, 0.29) is 18.0 Å². The minimum Gasteiger partial charge on any atom is -0.444 e. The number of likely N-dealkylation sites (tertiary alicyclic amines) is 1. The summed E-state index contributed by atoms with van der Waals surface area (Å²) in [6.45, 7) is 5.26. The fourth-order valence-corrected chi connectivity index (χ4v) is 1.80. The predicted molar refractivity (Wildman–Crippen MR) is 63.0 cm³/mol. The summed E-state index contributed by atoms with van der Waals surface area (Å²) in [4.78, 5) is 13.1. The van der Waals surface area contributed by atoms with Crippen LogP contribution in [0.1, 0.15) is 27.2 Å². The minimum absolute atomic E-state index is 0.00306. The molecule has 1 rings (SSSR count). The van der Waals surface area contributed by atoms with Crippen molar-refractivity contribution >= 4 is 23.3 Å². The van der Waals surface area contributed by atoms with E-state index in [1.165, 1.54) is 4.90 Å². The number of rotatable bonds is 1. The van der Waals surface area contributed by atoms with Gasteiger partial charge in [-0.05, 0) is 20.8 Å². The summed E-state index contributed by atoms with van der Waals surface area (Å²) in [7, 11) is 0. The van der Waals surface area contributed by atoms with Gasteiger partial charge in [-0.15, -0.1) is 0 Å². The van der Waals surface area contributed by atoms with Crippen LogP contribution in [-0.2, 0) is 4.74 Å². The maximum atomic E-state index is 13.2. The molecule has 0 bridgehead atoms.